The molecule has 0 amide bonds. The highest BCUT2D eigenvalue weighted by molar-refractivity contribution is 5.04. The molecule has 0 bridgehead atoms. The zero-order valence-corrected chi connectivity index (χ0v) is 13.1. The predicted molar refractivity (Wildman–Crippen MR) is 77.9 cm³/mol. The van der Waals surface area contributed by atoms with Gasteiger partial charge in [0.1, 0.15) is 0 Å². The molecule has 2 aliphatic heterocycles. The van der Waals surface area contributed by atoms with Gasteiger partial charge in [0.05, 0.1) is 11.7 Å². The van der Waals surface area contributed by atoms with Crippen LogP contribution in [0, 0.1) is 5.41 Å². The summed E-state index contributed by atoms with van der Waals surface area (Å²) < 4.78 is 17.2. The summed E-state index contributed by atoms with van der Waals surface area (Å²) in [4.78, 5) is 0. The number of methoxy groups -OCH3 is 1. The standard InChI is InChI=1S/C16H29NO3/c1-15(2)13(10-14(15)18-3)17-12-4-7-20-16(11-12)5-8-19-9-6-16/h12-14,17H,4-11H2,1-3H3. The molecule has 3 fully saturated rings. The third-order valence-corrected chi connectivity index (χ3v) is 5.80. The van der Waals surface area contributed by atoms with Crippen molar-refractivity contribution in [2.45, 2.75) is 69.7 Å². The van der Waals surface area contributed by atoms with Crippen molar-refractivity contribution < 1.29 is 14.2 Å². The van der Waals surface area contributed by atoms with Gasteiger partial charge in [-0.15, -0.1) is 0 Å². The van der Waals surface area contributed by atoms with E-state index in [2.05, 4.69) is 19.2 Å². The van der Waals surface area contributed by atoms with Gasteiger partial charge in [-0.3, -0.25) is 0 Å². The Balaban J connectivity index is 1.56. The Hall–Kier alpha value is -0.160. The maximum atomic E-state index is 6.12. The van der Waals surface area contributed by atoms with E-state index in [1.807, 2.05) is 7.11 Å². The van der Waals surface area contributed by atoms with E-state index in [1.54, 1.807) is 0 Å². The third kappa shape index (κ3) is 2.63. The van der Waals surface area contributed by atoms with Gasteiger partial charge >= 0.3 is 0 Å². The van der Waals surface area contributed by atoms with Crippen molar-refractivity contribution in [2.75, 3.05) is 26.9 Å². The maximum Gasteiger partial charge on any atom is 0.0741 e. The zero-order valence-electron chi connectivity index (χ0n) is 13.1. The Kier molecular flexibility index (Phi) is 4.10. The molecule has 3 atom stereocenters. The van der Waals surface area contributed by atoms with Gasteiger partial charge in [-0.1, -0.05) is 13.8 Å². The van der Waals surface area contributed by atoms with Crippen LogP contribution in [0.15, 0.2) is 0 Å². The third-order valence-electron chi connectivity index (χ3n) is 5.80. The molecule has 2 heterocycles. The van der Waals surface area contributed by atoms with Crippen molar-refractivity contribution in [1.29, 1.82) is 0 Å². The summed E-state index contributed by atoms with van der Waals surface area (Å²) in [5, 5.41) is 3.88. The molecule has 1 spiro atoms. The van der Waals surface area contributed by atoms with Crippen LogP contribution in [0.4, 0.5) is 0 Å². The van der Waals surface area contributed by atoms with Gasteiger partial charge in [-0.2, -0.15) is 0 Å². The molecule has 116 valence electrons. The minimum absolute atomic E-state index is 0.0860. The normalized spacial score (nSPS) is 39.5. The van der Waals surface area contributed by atoms with Gasteiger partial charge in [0.25, 0.3) is 0 Å². The molecule has 20 heavy (non-hydrogen) atoms. The molecule has 1 saturated carbocycles. The zero-order chi connectivity index (χ0) is 14.2. The number of nitrogens with one attached hydrogen (secondary N) is 1. The van der Waals surface area contributed by atoms with E-state index in [0.717, 1.165) is 51.9 Å². The van der Waals surface area contributed by atoms with Crippen molar-refractivity contribution in [3.8, 4) is 0 Å². The molecule has 1 N–H and O–H groups in total. The molecular weight excluding hydrogens is 254 g/mol. The fourth-order valence-electron chi connectivity index (χ4n) is 4.11. The Morgan fingerprint density at radius 1 is 1.15 bits per heavy atom. The van der Waals surface area contributed by atoms with E-state index in [9.17, 15) is 0 Å². The van der Waals surface area contributed by atoms with Crippen LogP contribution in [0.2, 0.25) is 0 Å². The first kappa shape index (κ1) is 14.8. The molecule has 0 aromatic heterocycles. The first-order valence-electron chi connectivity index (χ1n) is 8.06. The Labute approximate surface area is 122 Å². The molecule has 4 nitrogen and oxygen atoms in total. The van der Waals surface area contributed by atoms with E-state index >= 15 is 0 Å². The lowest BCUT2D eigenvalue weighted by molar-refractivity contribution is -0.149. The Morgan fingerprint density at radius 3 is 2.55 bits per heavy atom. The van der Waals surface area contributed by atoms with Crippen LogP contribution in [0.1, 0.15) is 46.0 Å². The predicted octanol–water partition coefficient (Wildman–Crippen LogP) is 2.12. The molecule has 1 aliphatic carbocycles. The molecular formula is C16H29NO3. The van der Waals surface area contributed by atoms with E-state index in [1.165, 1.54) is 0 Å². The summed E-state index contributed by atoms with van der Waals surface area (Å²) in [6.45, 7) is 7.22. The number of rotatable bonds is 3. The minimum Gasteiger partial charge on any atom is -0.381 e. The van der Waals surface area contributed by atoms with E-state index in [0.29, 0.717) is 18.2 Å². The van der Waals surface area contributed by atoms with Gasteiger partial charge in [-0.05, 0) is 32.1 Å². The number of hydrogen-bond acceptors (Lipinski definition) is 4. The molecule has 0 aromatic rings. The largest absolute Gasteiger partial charge is 0.381 e. The Bertz CT molecular complexity index is 333. The topological polar surface area (TPSA) is 39.7 Å². The summed E-state index contributed by atoms with van der Waals surface area (Å²) in [5.74, 6) is 0. The van der Waals surface area contributed by atoms with Crippen LogP contribution in [-0.2, 0) is 14.2 Å². The molecule has 0 aromatic carbocycles. The van der Waals surface area contributed by atoms with Crippen molar-refractivity contribution in [1.82, 2.24) is 5.32 Å². The molecule has 3 aliphatic rings. The second kappa shape index (κ2) is 5.56. The van der Waals surface area contributed by atoms with Gasteiger partial charge in [0.2, 0.25) is 0 Å². The lowest BCUT2D eigenvalue weighted by Crippen LogP contribution is -2.64. The second-order valence-electron chi connectivity index (χ2n) is 7.33. The molecule has 4 heteroatoms. The van der Waals surface area contributed by atoms with Crippen molar-refractivity contribution in [3.05, 3.63) is 0 Å². The Morgan fingerprint density at radius 2 is 1.90 bits per heavy atom. The van der Waals surface area contributed by atoms with Crippen LogP contribution >= 0.6 is 0 Å². The van der Waals surface area contributed by atoms with Crippen molar-refractivity contribution >= 4 is 0 Å². The highest BCUT2D eigenvalue weighted by Crippen LogP contribution is 2.43. The highest BCUT2D eigenvalue weighted by Gasteiger charge is 2.50. The first-order valence-corrected chi connectivity index (χ1v) is 8.06. The van der Waals surface area contributed by atoms with Crippen LogP contribution in [0.5, 0.6) is 0 Å². The summed E-state index contributed by atoms with van der Waals surface area (Å²) in [6, 6.07) is 1.16. The van der Waals surface area contributed by atoms with Crippen LogP contribution in [-0.4, -0.2) is 50.7 Å². The minimum atomic E-state index is 0.0860. The first-order chi connectivity index (χ1) is 9.56. The number of hydrogen-bond donors (Lipinski definition) is 1. The number of ether oxygens (including phenoxy) is 3. The second-order valence-corrected chi connectivity index (χ2v) is 7.33. The van der Waals surface area contributed by atoms with Crippen LogP contribution < -0.4 is 5.32 Å². The molecule has 0 radical (unpaired) electrons. The monoisotopic (exact) mass is 283 g/mol. The van der Waals surface area contributed by atoms with Crippen LogP contribution in [0.25, 0.3) is 0 Å². The quantitative estimate of drug-likeness (QED) is 0.861. The van der Waals surface area contributed by atoms with Crippen molar-refractivity contribution in [3.63, 3.8) is 0 Å². The van der Waals surface area contributed by atoms with E-state index < -0.39 is 0 Å². The van der Waals surface area contributed by atoms with E-state index in [-0.39, 0.29) is 11.0 Å². The lowest BCUT2D eigenvalue weighted by Gasteiger charge is -2.54. The SMILES string of the molecule is COC1CC(NC2CCOC3(CCOCC3)C2)C1(C)C. The fourth-order valence-corrected chi connectivity index (χ4v) is 4.11. The summed E-state index contributed by atoms with van der Waals surface area (Å²) >= 11 is 0. The molecule has 3 unspecified atom stereocenters. The molecule has 3 rings (SSSR count). The van der Waals surface area contributed by atoms with E-state index in [4.69, 9.17) is 14.2 Å². The van der Waals surface area contributed by atoms with Gasteiger partial charge < -0.3 is 19.5 Å². The average Bonchev–Trinajstić information content (AvgIpc) is 2.44. The van der Waals surface area contributed by atoms with Gasteiger partial charge in [0, 0.05) is 44.4 Å². The smallest absolute Gasteiger partial charge is 0.0741 e. The lowest BCUT2D eigenvalue weighted by atomic mass is 9.64. The summed E-state index contributed by atoms with van der Waals surface area (Å²) in [6.07, 6.45) is 5.92. The van der Waals surface area contributed by atoms with Crippen molar-refractivity contribution in [2.24, 2.45) is 5.41 Å². The summed E-state index contributed by atoms with van der Waals surface area (Å²) in [5.41, 5.74) is 0.332. The van der Waals surface area contributed by atoms with Gasteiger partial charge in [0.15, 0.2) is 0 Å². The maximum absolute atomic E-state index is 6.12. The summed E-state index contributed by atoms with van der Waals surface area (Å²) in [7, 11) is 1.83. The fraction of sp³-hybridized carbons (Fsp3) is 1.00. The van der Waals surface area contributed by atoms with Gasteiger partial charge in [-0.25, -0.2) is 0 Å². The highest BCUT2D eigenvalue weighted by atomic mass is 16.5. The average molecular weight is 283 g/mol. The molecule has 2 saturated heterocycles. The van der Waals surface area contributed by atoms with Crippen LogP contribution in [0.3, 0.4) is 0 Å².